The van der Waals surface area contributed by atoms with Gasteiger partial charge in [-0.1, -0.05) is 30.3 Å². The van der Waals surface area contributed by atoms with Crippen molar-refractivity contribution in [1.29, 1.82) is 0 Å². The van der Waals surface area contributed by atoms with Gasteiger partial charge in [-0.15, -0.1) is 0 Å². The second-order valence-corrected chi connectivity index (χ2v) is 8.12. The van der Waals surface area contributed by atoms with Crippen molar-refractivity contribution in [3.63, 3.8) is 0 Å². The average Bonchev–Trinajstić information content (AvgIpc) is 3.31. The van der Waals surface area contributed by atoms with Crippen LogP contribution in [0.1, 0.15) is 25.0 Å². The largest absolute Gasteiger partial charge is 0.497 e. The monoisotopic (exact) mass is 422 g/mol. The quantitative estimate of drug-likeness (QED) is 0.570. The standard InChI is InChI=1S/C25H34N4O2/c1-3-26-25(27-19-21-13-18-31-24(21)20-7-5-4-6-8-20)29-16-14-28(15-17-29)22-9-11-23(30-2)12-10-22/h4-12,21,24H,3,13-19H2,1-2H3,(H,26,27). The Balaban J connectivity index is 1.36. The summed E-state index contributed by atoms with van der Waals surface area (Å²) in [7, 11) is 1.70. The molecule has 4 rings (SSSR count). The van der Waals surface area contributed by atoms with Crippen molar-refractivity contribution < 1.29 is 9.47 Å². The molecule has 2 heterocycles. The summed E-state index contributed by atoms with van der Waals surface area (Å²) in [6.45, 7) is 8.50. The molecule has 0 aliphatic carbocycles. The molecular weight excluding hydrogens is 388 g/mol. The molecule has 166 valence electrons. The molecule has 6 heteroatoms. The summed E-state index contributed by atoms with van der Waals surface area (Å²) in [4.78, 5) is 9.84. The molecule has 31 heavy (non-hydrogen) atoms. The van der Waals surface area contributed by atoms with Crippen molar-refractivity contribution >= 4 is 11.6 Å². The molecule has 2 unspecified atom stereocenters. The van der Waals surface area contributed by atoms with Crippen LogP contribution in [0.4, 0.5) is 5.69 Å². The van der Waals surface area contributed by atoms with Gasteiger partial charge in [0.15, 0.2) is 5.96 Å². The number of benzene rings is 2. The summed E-state index contributed by atoms with van der Waals surface area (Å²) in [6.07, 6.45) is 1.22. The number of methoxy groups -OCH3 is 1. The van der Waals surface area contributed by atoms with Gasteiger partial charge in [0.05, 0.1) is 13.2 Å². The van der Waals surface area contributed by atoms with Crippen LogP contribution in [0.2, 0.25) is 0 Å². The van der Waals surface area contributed by atoms with E-state index >= 15 is 0 Å². The Morgan fingerprint density at radius 2 is 1.81 bits per heavy atom. The molecule has 0 bridgehead atoms. The molecule has 2 aromatic rings. The van der Waals surface area contributed by atoms with Crippen LogP contribution in [0.15, 0.2) is 59.6 Å². The molecule has 0 spiro atoms. The lowest BCUT2D eigenvalue weighted by molar-refractivity contribution is 0.0925. The maximum absolute atomic E-state index is 6.05. The first kappa shape index (κ1) is 21.5. The Morgan fingerprint density at radius 3 is 2.48 bits per heavy atom. The number of hydrogen-bond donors (Lipinski definition) is 1. The summed E-state index contributed by atoms with van der Waals surface area (Å²) in [6, 6.07) is 18.9. The van der Waals surface area contributed by atoms with E-state index in [1.165, 1.54) is 11.3 Å². The minimum absolute atomic E-state index is 0.153. The summed E-state index contributed by atoms with van der Waals surface area (Å²) in [5, 5.41) is 3.50. The number of anilines is 1. The van der Waals surface area contributed by atoms with Crippen molar-refractivity contribution in [2.75, 3.05) is 57.9 Å². The fraction of sp³-hybridized carbons (Fsp3) is 0.480. The van der Waals surface area contributed by atoms with Gasteiger partial charge >= 0.3 is 0 Å². The van der Waals surface area contributed by atoms with Gasteiger partial charge in [-0.2, -0.15) is 0 Å². The molecule has 2 fully saturated rings. The highest BCUT2D eigenvalue weighted by Crippen LogP contribution is 2.34. The Labute approximate surface area is 185 Å². The topological polar surface area (TPSA) is 49.3 Å². The fourth-order valence-corrected chi connectivity index (χ4v) is 4.43. The first-order valence-corrected chi connectivity index (χ1v) is 11.4. The van der Waals surface area contributed by atoms with Gasteiger partial charge in [0.25, 0.3) is 0 Å². The van der Waals surface area contributed by atoms with E-state index in [1.54, 1.807) is 7.11 Å². The molecule has 0 aromatic heterocycles. The third-order valence-corrected chi connectivity index (χ3v) is 6.17. The van der Waals surface area contributed by atoms with Crippen LogP contribution in [-0.2, 0) is 4.74 Å². The fourth-order valence-electron chi connectivity index (χ4n) is 4.43. The average molecular weight is 423 g/mol. The number of hydrogen-bond acceptors (Lipinski definition) is 4. The second-order valence-electron chi connectivity index (χ2n) is 8.12. The highest BCUT2D eigenvalue weighted by atomic mass is 16.5. The minimum Gasteiger partial charge on any atom is -0.497 e. The zero-order valence-electron chi connectivity index (χ0n) is 18.7. The lowest BCUT2D eigenvalue weighted by Gasteiger charge is -2.38. The molecule has 2 atom stereocenters. The number of ether oxygens (including phenoxy) is 2. The van der Waals surface area contributed by atoms with Gasteiger partial charge in [0.2, 0.25) is 0 Å². The van der Waals surface area contributed by atoms with Crippen LogP contribution in [0.5, 0.6) is 5.75 Å². The van der Waals surface area contributed by atoms with E-state index in [9.17, 15) is 0 Å². The maximum atomic E-state index is 6.05. The number of guanidine groups is 1. The lowest BCUT2D eigenvalue weighted by atomic mass is 9.95. The zero-order chi connectivity index (χ0) is 21.5. The smallest absolute Gasteiger partial charge is 0.194 e. The summed E-state index contributed by atoms with van der Waals surface area (Å²) >= 11 is 0. The van der Waals surface area contributed by atoms with E-state index in [1.807, 2.05) is 12.1 Å². The highest BCUT2D eigenvalue weighted by Gasteiger charge is 2.30. The Hall–Kier alpha value is -2.73. The lowest BCUT2D eigenvalue weighted by Crippen LogP contribution is -2.52. The van der Waals surface area contributed by atoms with Gasteiger partial charge < -0.3 is 24.6 Å². The van der Waals surface area contributed by atoms with Crippen molar-refractivity contribution in [2.45, 2.75) is 19.4 Å². The van der Waals surface area contributed by atoms with Crippen LogP contribution in [0.3, 0.4) is 0 Å². The van der Waals surface area contributed by atoms with Crippen molar-refractivity contribution in [3.05, 3.63) is 60.2 Å². The van der Waals surface area contributed by atoms with Crippen molar-refractivity contribution in [1.82, 2.24) is 10.2 Å². The second kappa shape index (κ2) is 10.5. The highest BCUT2D eigenvalue weighted by molar-refractivity contribution is 5.80. The predicted molar refractivity (Wildman–Crippen MR) is 126 cm³/mol. The van der Waals surface area contributed by atoms with E-state index in [0.717, 1.165) is 64.0 Å². The van der Waals surface area contributed by atoms with E-state index in [0.29, 0.717) is 5.92 Å². The molecule has 2 saturated heterocycles. The van der Waals surface area contributed by atoms with Crippen molar-refractivity contribution in [2.24, 2.45) is 10.9 Å². The summed E-state index contributed by atoms with van der Waals surface area (Å²) < 4.78 is 11.3. The molecule has 1 N–H and O–H groups in total. The number of aliphatic imine (C=N–C) groups is 1. The third-order valence-electron chi connectivity index (χ3n) is 6.17. The Morgan fingerprint density at radius 1 is 1.06 bits per heavy atom. The molecule has 6 nitrogen and oxygen atoms in total. The van der Waals surface area contributed by atoms with Crippen LogP contribution in [0, 0.1) is 5.92 Å². The molecular formula is C25H34N4O2. The van der Waals surface area contributed by atoms with Crippen LogP contribution >= 0.6 is 0 Å². The number of nitrogens with zero attached hydrogens (tertiary/aromatic N) is 3. The van der Waals surface area contributed by atoms with Crippen LogP contribution in [-0.4, -0.2) is 63.8 Å². The number of nitrogens with one attached hydrogen (secondary N) is 1. The van der Waals surface area contributed by atoms with Gasteiger partial charge in [0, 0.05) is 57.5 Å². The van der Waals surface area contributed by atoms with Crippen LogP contribution < -0.4 is 15.0 Å². The third kappa shape index (κ3) is 5.31. The summed E-state index contributed by atoms with van der Waals surface area (Å²) in [5.41, 5.74) is 2.51. The van der Waals surface area contributed by atoms with Gasteiger partial charge in [-0.05, 0) is 43.2 Å². The van der Waals surface area contributed by atoms with E-state index in [4.69, 9.17) is 14.5 Å². The van der Waals surface area contributed by atoms with E-state index in [-0.39, 0.29) is 6.10 Å². The molecule has 0 saturated carbocycles. The summed E-state index contributed by atoms with van der Waals surface area (Å²) in [5.74, 6) is 2.35. The van der Waals surface area contributed by atoms with Crippen molar-refractivity contribution in [3.8, 4) is 5.75 Å². The van der Waals surface area contributed by atoms with E-state index < -0.39 is 0 Å². The van der Waals surface area contributed by atoms with Gasteiger partial charge in [-0.3, -0.25) is 4.99 Å². The Bertz CT molecular complexity index is 832. The molecule has 2 aliphatic rings. The molecule has 0 radical (unpaired) electrons. The maximum Gasteiger partial charge on any atom is 0.194 e. The number of rotatable bonds is 6. The normalized spacial score (nSPS) is 21.9. The molecule has 2 aliphatic heterocycles. The Kier molecular flexibility index (Phi) is 7.30. The first-order valence-electron chi connectivity index (χ1n) is 11.4. The van der Waals surface area contributed by atoms with Gasteiger partial charge in [-0.25, -0.2) is 0 Å². The number of piperazine rings is 1. The minimum atomic E-state index is 0.153. The van der Waals surface area contributed by atoms with Gasteiger partial charge in [0.1, 0.15) is 5.75 Å². The molecule has 2 aromatic carbocycles. The SMILES string of the molecule is CCNC(=NCC1CCOC1c1ccccc1)N1CCN(c2ccc(OC)cc2)CC1. The van der Waals surface area contributed by atoms with E-state index in [2.05, 4.69) is 64.5 Å². The first-order chi connectivity index (χ1) is 15.3. The van der Waals surface area contributed by atoms with Crippen LogP contribution in [0.25, 0.3) is 0 Å². The zero-order valence-corrected chi connectivity index (χ0v) is 18.7. The molecule has 0 amide bonds. The predicted octanol–water partition coefficient (Wildman–Crippen LogP) is 3.56.